The van der Waals surface area contributed by atoms with E-state index >= 15 is 0 Å². The smallest absolute Gasteiger partial charge is 0.316 e. The molecule has 2 fully saturated rings. The molecule has 0 heterocycles. The summed E-state index contributed by atoms with van der Waals surface area (Å²) in [6.45, 7) is 4.37. The first-order valence-corrected chi connectivity index (χ1v) is 13.8. The Kier molecular flexibility index (Phi) is 9.16. The number of allylic oxidation sites excluding steroid dienone is 2. The van der Waals surface area contributed by atoms with Gasteiger partial charge >= 0.3 is 6.11 Å². The molecule has 0 unspecified atom stereocenters. The second-order valence-corrected chi connectivity index (χ2v) is 10.7. The number of hydrogen-bond acceptors (Lipinski definition) is 1. The van der Waals surface area contributed by atoms with Crippen molar-refractivity contribution < 1.29 is 13.5 Å². The monoisotopic (exact) mass is 480 g/mol. The minimum Gasteiger partial charge on any atom is -0.316 e. The quantitative estimate of drug-likeness (QED) is 0.325. The first-order valence-electron chi connectivity index (χ1n) is 13.8. The summed E-state index contributed by atoms with van der Waals surface area (Å²) in [5.41, 5.74) is 3.56. The number of rotatable bonds is 9. The van der Waals surface area contributed by atoms with Crippen LogP contribution in [0.4, 0.5) is 8.78 Å². The average Bonchev–Trinajstić information content (AvgIpc) is 2.90. The van der Waals surface area contributed by atoms with Gasteiger partial charge in [-0.2, -0.15) is 8.78 Å². The van der Waals surface area contributed by atoms with Crippen molar-refractivity contribution in [2.45, 2.75) is 96.0 Å². The SMILES string of the molecule is C/C=C/[C@H]1CC[C@H](c2ccc(C(F)(F)OCCc3ccc([C@H]4CC[C@H](CC)CC4)cc3)cc2)CC1. The zero-order chi connectivity index (χ0) is 24.7. The molecule has 2 aromatic carbocycles. The molecule has 0 bridgehead atoms. The van der Waals surface area contributed by atoms with Crippen LogP contribution in [-0.2, 0) is 17.3 Å². The Balaban J connectivity index is 1.24. The van der Waals surface area contributed by atoms with Crippen LogP contribution in [0.3, 0.4) is 0 Å². The lowest BCUT2D eigenvalue weighted by Crippen LogP contribution is -2.20. The van der Waals surface area contributed by atoms with E-state index in [9.17, 15) is 8.78 Å². The Morgan fingerprint density at radius 1 is 0.800 bits per heavy atom. The Morgan fingerprint density at radius 2 is 1.34 bits per heavy atom. The van der Waals surface area contributed by atoms with Crippen LogP contribution in [0.5, 0.6) is 0 Å². The molecule has 35 heavy (non-hydrogen) atoms. The summed E-state index contributed by atoms with van der Waals surface area (Å²) in [4.78, 5) is 0. The molecule has 0 radical (unpaired) electrons. The molecule has 1 nitrogen and oxygen atoms in total. The third kappa shape index (κ3) is 7.03. The first kappa shape index (κ1) is 26.1. The maximum Gasteiger partial charge on any atom is 0.383 e. The average molecular weight is 481 g/mol. The lowest BCUT2D eigenvalue weighted by Gasteiger charge is -2.28. The molecule has 2 aromatic rings. The van der Waals surface area contributed by atoms with Crippen molar-refractivity contribution in [1.29, 1.82) is 0 Å². The highest BCUT2D eigenvalue weighted by atomic mass is 19.3. The maximum atomic E-state index is 14.7. The van der Waals surface area contributed by atoms with Crippen molar-refractivity contribution in [2.75, 3.05) is 6.61 Å². The molecule has 0 spiro atoms. The highest BCUT2D eigenvalue weighted by Crippen LogP contribution is 2.38. The fourth-order valence-electron chi connectivity index (χ4n) is 6.11. The molecule has 0 N–H and O–H groups in total. The highest BCUT2D eigenvalue weighted by Gasteiger charge is 2.33. The largest absolute Gasteiger partial charge is 0.383 e. The van der Waals surface area contributed by atoms with E-state index in [1.165, 1.54) is 56.1 Å². The van der Waals surface area contributed by atoms with Crippen molar-refractivity contribution in [3.05, 3.63) is 82.9 Å². The molecule has 0 amide bonds. The summed E-state index contributed by atoms with van der Waals surface area (Å²) in [6, 6.07) is 15.4. The van der Waals surface area contributed by atoms with Crippen LogP contribution in [0.2, 0.25) is 0 Å². The summed E-state index contributed by atoms with van der Waals surface area (Å²) in [6.07, 6.45) is 12.7. The number of alkyl halides is 2. The van der Waals surface area contributed by atoms with Crippen molar-refractivity contribution in [3.8, 4) is 0 Å². The molecule has 0 atom stereocenters. The predicted molar refractivity (Wildman–Crippen MR) is 141 cm³/mol. The van der Waals surface area contributed by atoms with Gasteiger partial charge in [0, 0.05) is 0 Å². The van der Waals surface area contributed by atoms with Gasteiger partial charge in [0.15, 0.2) is 0 Å². The van der Waals surface area contributed by atoms with Crippen molar-refractivity contribution >= 4 is 0 Å². The Hall–Kier alpha value is -2.00. The van der Waals surface area contributed by atoms with Gasteiger partial charge in [-0.15, -0.1) is 0 Å². The topological polar surface area (TPSA) is 9.23 Å². The van der Waals surface area contributed by atoms with E-state index in [4.69, 9.17) is 4.74 Å². The first-order chi connectivity index (χ1) is 17.0. The molecule has 2 saturated carbocycles. The summed E-state index contributed by atoms with van der Waals surface area (Å²) >= 11 is 0. The lowest BCUT2D eigenvalue weighted by atomic mass is 9.78. The van der Waals surface area contributed by atoms with Gasteiger partial charge in [-0.3, -0.25) is 0 Å². The van der Waals surface area contributed by atoms with Gasteiger partial charge in [0.1, 0.15) is 0 Å². The standard InChI is InChI=1S/C32H42F2O/c1-3-5-25-8-14-29(15-9-25)30-18-20-31(21-19-30)32(33,34)35-23-22-26-10-16-28(17-11-26)27-12-6-24(4-2)7-13-27/h3,5,10-11,16-21,24-25,27,29H,4,6-9,12-15,22-23H2,1-2H3/b5-3+/t24-,25-,27-,29-. The normalized spacial score (nSPS) is 25.7. The van der Waals surface area contributed by atoms with E-state index in [2.05, 4.69) is 50.3 Å². The zero-order valence-corrected chi connectivity index (χ0v) is 21.5. The predicted octanol–water partition coefficient (Wildman–Crippen LogP) is 9.53. The summed E-state index contributed by atoms with van der Waals surface area (Å²) < 4.78 is 34.5. The summed E-state index contributed by atoms with van der Waals surface area (Å²) in [5.74, 6) is 2.69. The minimum atomic E-state index is -3.26. The van der Waals surface area contributed by atoms with Crippen LogP contribution in [0.25, 0.3) is 0 Å². The van der Waals surface area contributed by atoms with E-state index in [-0.39, 0.29) is 12.2 Å². The van der Waals surface area contributed by atoms with Gasteiger partial charge in [-0.25, -0.2) is 0 Å². The molecule has 4 rings (SSSR count). The van der Waals surface area contributed by atoms with Crippen molar-refractivity contribution in [2.24, 2.45) is 11.8 Å². The van der Waals surface area contributed by atoms with Crippen molar-refractivity contribution in [1.82, 2.24) is 0 Å². The number of ether oxygens (including phenoxy) is 1. The van der Waals surface area contributed by atoms with E-state index < -0.39 is 6.11 Å². The number of hydrogen-bond donors (Lipinski definition) is 0. The minimum absolute atomic E-state index is 0.00463. The number of benzene rings is 2. The zero-order valence-electron chi connectivity index (χ0n) is 21.5. The lowest BCUT2D eigenvalue weighted by molar-refractivity contribution is -0.248. The molecule has 3 heteroatoms. The second-order valence-electron chi connectivity index (χ2n) is 10.7. The van der Waals surface area contributed by atoms with Crippen LogP contribution in [0.1, 0.15) is 106 Å². The van der Waals surface area contributed by atoms with Gasteiger partial charge in [-0.1, -0.05) is 74.0 Å². The van der Waals surface area contributed by atoms with E-state index in [0.717, 1.165) is 24.3 Å². The third-order valence-corrected chi connectivity index (χ3v) is 8.50. The van der Waals surface area contributed by atoms with Crippen LogP contribution >= 0.6 is 0 Å². The van der Waals surface area contributed by atoms with E-state index in [1.807, 2.05) is 12.1 Å². The Bertz CT molecular complexity index is 915. The van der Waals surface area contributed by atoms with E-state index in [0.29, 0.717) is 24.2 Å². The van der Waals surface area contributed by atoms with Gasteiger partial charge in [0.05, 0.1) is 12.2 Å². The summed E-state index contributed by atoms with van der Waals surface area (Å²) in [7, 11) is 0. The molecular formula is C32H42F2O. The molecular weight excluding hydrogens is 438 g/mol. The molecule has 0 aliphatic heterocycles. The second kappa shape index (κ2) is 12.3. The van der Waals surface area contributed by atoms with Crippen LogP contribution in [0, 0.1) is 11.8 Å². The van der Waals surface area contributed by atoms with Gasteiger partial charge in [-0.05, 0) is 105 Å². The molecule has 2 aliphatic carbocycles. The maximum absolute atomic E-state index is 14.7. The van der Waals surface area contributed by atoms with Crippen LogP contribution in [-0.4, -0.2) is 6.61 Å². The molecule has 0 saturated heterocycles. The molecule has 2 aliphatic rings. The molecule has 190 valence electrons. The summed E-state index contributed by atoms with van der Waals surface area (Å²) in [5, 5.41) is 0. The fourth-order valence-corrected chi connectivity index (χ4v) is 6.11. The third-order valence-electron chi connectivity index (χ3n) is 8.50. The fraction of sp³-hybridized carbons (Fsp3) is 0.562. The van der Waals surface area contributed by atoms with Crippen LogP contribution < -0.4 is 0 Å². The van der Waals surface area contributed by atoms with Gasteiger partial charge < -0.3 is 4.74 Å². The Morgan fingerprint density at radius 3 is 1.89 bits per heavy atom. The Labute approximate surface area is 211 Å². The van der Waals surface area contributed by atoms with Crippen LogP contribution in [0.15, 0.2) is 60.7 Å². The number of halogens is 2. The molecule has 0 aromatic heterocycles. The van der Waals surface area contributed by atoms with Gasteiger partial charge in [0.25, 0.3) is 0 Å². The van der Waals surface area contributed by atoms with E-state index in [1.54, 1.807) is 12.1 Å². The van der Waals surface area contributed by atoms with Gasteiger partial charge in [0.2, 0.25) is 0 Å². The highest BCUT2D eigenvalue weighted by molar-refractivity contribution is 5.28. The van der Waals surface area contributed by atoms with Crippen molar-refractivity contribution in [3.63, 3.8) is 0 Å².